The van der Waals surface area contributed by atoms with Crippen LogP contribution < -0.4 is 10.1 Å². The summed E-state index contributed by atoms with van der Waals surface area (Å²) in [6.07, 6.45) is -0.538. The third-order valence-electron chi connectivity index (χ3n) is 3.93. The van der Waals surface area contributed by atoms with Gasteiger partial charge in [-0.25, -0.2) is 0 Å². The number of carbonyl (C=O) groups excluding carboxylic acids is 1. The average molecular weight is 311 g/mol. The smallest absolute Gasteiger partial charge is 0.261 e. The number of rotatable bonds is 5. The molecule has 0 radical (unpaired) electrons. The summed E-state index contributed by atoms with van der Waals surface area (Å²) in [6, 6.07) is 14.0. The molecule has 0 aliphatic heterocycles. The Morgan fingerprint density at radius 1 is 1.00 bits per heavy atom. The van der Waals surface area contributed by atoms with Crippen molar-refractivity contribution < 1.29 is 9.53 Å². The van der Waals surface area contributed by atoms with Crippen molar-refractivity contribution in [1.29, 1.82) is 0 Å². The first kappa shape index (κ1) is 17.1. The van der Waals surface area contributed by atoms with Crippen LogP contribution >= 0.6 is 0 Å². The molecule has 23 heavy (non-hydrogen) atoms. The standard InChI is InChI=1S/C20H25NO2/c1-13-7-6-8-18(11-13)23-17(5)20(22)21-16(4)19-12-14(2)9-10-15(19)3/h6-12,16-17H,1-5H3,(H,21,22). The second kappa shape index (κ2) is 7.32. The van der Waals surface area contributed by atoms with E-state index in [0.717, 1.165) is 11.1 Å². The van der Waals surface area contributed by atoms with Gasteiger partial charge in [-0.15, -0.1) is 0 Å². The van der Waals surface area contributed by atoms with Crippen molar-refractivity contribution in [2.75, 3.05) is 0 Å². The fourth-order valence-electron chi connectivity index (χ4n) is 2.58. The molecule has 3 heteroatoms. The van der Waals surface area contributed by atoms with Gasteiger partial charge in [-0.3, -0.25) is 4.79 Å². The van der Waals surface area contributed by atoms with Crippen molar-refractivity contribution in [3.05, 3.63) is 64.7 Å². The van der Waals surface area contributed by atoms with Gasteiger partial charge in [-0.1, -0.05) is 35.9 Å². The average Bonchev–Trinajstić information content (AvgIpc) is 2.49. The maximum atomic E-state index is 12.4. The molecule has 0 saturated heterocycles. The zero-order chi connectivity index (χ0) is 17.0. The van der Waals surface area contributed by atoms with Gasteiger partial charge in [0.2, 0.25) is 0 Å². The molecule has 122 valence electrons. The van der Waals surface area contributed by atoms with Crippen LogP contribution in [-0.2, 0) is 4.79 Å². The number of benzene rings is 2. The topological polar surface area (TPSA) is 38.3 Å². The molecule has 2 aromatic rings. The van der Waals surface area contributed by atoms with E-state index < -0.39 is 6.10 Å². The highest BCUT2D eigenvalue weighted by Gasteiger charge is 2.18. The first-order chi connectivity index (χ1) is 10.9. The van der Waals surface area contributed by atoms with Gasteiger partial charge in [0.05, 0.1) is 6.04 Å². The van der Waals surface area contributed by atoms with Crippen molar-refractivity contribution in [2.45, 2.75) is 46.8 Å². The van der Waals surface area contributed by atoms with Crippen LogP contribution in [0.5, 0.6) is 5.75 Å². The van der Waals surface area contributed by atoms with Crippen molar-refractivity contribution in [3.63, 3.8) is 0 Å². The van der Waals surface area contributed by atoms with Gasteiger partial charge in [0.15, 0.2) is 6.10 Å². The lowest BCUT2D eigenvalue weighted by Crippen LogP contribution is -2.38. The molecular weight excluding hydrogens is 286 g/mol. The van der Waals surface area contributed by atoms with Crippen molar-refractivity contribution >= 4 is 5.91 Å². The first-order valence-corrected chi connectivity index (χ1v) is 7.97. The Labute approximate surface area is 138 Å². The highest BCUT2D eigenvalue weighted by Crippen LogP contribution is 2.19. The number of carbonyl (C=O) groups is 1. The lowest BCUT2D eigenvalue weighted by molar-refractivity contribution is -0.127. The largest absolute Gasteiger partial charge is 0.481 e. The van der Waals surface area contributed by atoms with Crippen LogP contribution in [0.1, 0.15) is 42.1 Å². The third-order valence-corrected chi connectivity index (χ3v) is 3.93. The zero-order valence-corrected chi connectivity index (χ0v) is 14.5. The fourth-order valence-corrected chi connectivity index (χ4v) is 2.58. The SMILES string of the molecule is Cc1cccc(OC(C)C(=O)NC(C)c2cc(C)ccc2C)c1. The van der Waals surface area contributed by atoms with E-state index >= 15 is 0 Å². The number of hydrogen-bond acceptors (Lipinski definition) is 2. The quantitative estimate of drug-likeness (QED) is 0.896. The van der Waals surface area contributed by atoms with Gasteiger partial charge in [-0.2, -0.15) is 0 Å². The van der Waals surface area contributed by atoms with Gasteiger partial charge in [0, 0.05) is 0 Å². The van der Waals surface area contributed by atoms with Gasteiger partial charge in [0.1, 0.15) is 5.75 Å². The molecule has 0 aliphatic rings. The lowest BCUT2D eigenvalue weighted by Gasteiger charge is -2.20. The van der Waals surface area contributed by atoms with Crippen molar-refractivity contribution in [1.82, 2.24) is 5.32 Å². The first-order valence-electron chi connectivity index (χ1n) is 7.97. The summed E-state index contributed by atoms with van der Waals surface area (Å²) in [5, 5.41) is 3.03. The van der Waals surface area contributed by atoms with E-state index in [1.165, 1.54) is 11.1 Å². The van der Waals surface area contributed by atoms with Gasteiger partial charge < -0.3 is 10.1 Å². The number of aryl methyl sites for hydroxylation is 3. The summed E-state index contributed by atoms with van der Waals surface area (Å²) < 4.78 is 5.74. The maximum Gasteiger partial charge on any atom is 0.261 e. The van der Waals surface area contributed by atoms with E-state index in [4.69, 9.17) is 4.74 Å². The summed E-state index contributed by atoms with van der Waals surface area (Å²) in [7, 11) is 0. The molecule has 0 spiro atoms. The second-order valence-corrected chi connectivity index (χ2v) is 6.17. The lowest BCUT2D eigenvalue weighted by atomic mass is 10.00. The summed E-state index contributed by atoms with van der Waals surface area (Å²) >= 11 is 0. The Bertz CT molecular complexity index is 694. The van der Waals surface area contributed by atoms with Crippen LogP contribution in [0.4, 0.5) is 0 Å². The Morgan fingerprint density at radius 3 is 2.39 bits per heavy atom. The fraction of sp³-hybridized carbons (Fsp3) is 0.350. The van der Waals surface area contributed by atoms with Gasteiger partial charge in [0.25, 0.3) is 5.91 Å². The minimum atomic E-state index is -0.538. The number of hydrogen-bond donors (Lipinski definition) is 1. The molecule has 3 nitrogen and oxygen atoms in total. The number of nitrogens with one attached hydrogen (secondary N) is 1. The minimum absolute atomic E-state index is 0.0500. The highest BCUT2D eigenvalue weighted by atomic mass is 16.5. The van der Waals surface area contributed by atoms with E-state index in [9.17, 15) is 4.79 Å². The summed E-state index contributed by atoms with van der Waals surface area (Å²) in [6.45, 7) is 9.89. The molecular formula is C20H25NO2. The van der Waals surface area contributed by atoms with E-state index in [0.29, 0.717) is 5.75 Å². The Hall–Kier alpha value is -2.29. The molecule has 2 rings (SSSR count). The molecule has 2 atom stereocenters. The number of amides is 1. The molecule has 0 bridgehead atoms. The minimum Gasteiger partial charge on any atom is -0.481 e. The Balaban J connectivity index is 2.01. The molecule has 2 unspecified atom stereocenters. The van der Waals surface area contributed by atoms with Crippen LogP contribution in [0.2, 0.25) is 0 Å². The predicted molar refractivity (Wildman–Crippen MR) is 93.7 cm³/mol. The third kappa shape index (κ3) is 4.59. The van der Waals surface area contributed by atoms with Gasteiger partial charge in [-0.05, 0) is 63.4 Å². The van der Waals surface area contributed by atoms with Gasteiger partial charge >= 0.3 is 0 Å². The van der Waals surface area contributed by atoms with Crippen LogP contribution in [0, 0.1) is 20.8 Å². The van der Waals surface area contributed by atoms with E-state index in [2.05, 4.69) is 37.4 Å². The Morgan fingerprint density at radius 2 is 1.70 bits per heavy atom. The van der Waals surface area contributed by atoms with Crippen molar-refractivity contribution in [3.8, 4) is 5.75 Å². The summed E-state index contributed by atoms with van der Waals surface area (Å²) in [5.74, 6) is 0.604. The molecule has 0 heterocycles. The predicted octanol–water partition coefficient (Wildman–Crippen LogP) is 4.26. The molecule has 0 aliphatic carbocycles. The van der Waals surface area contributed by atoms with Crippen LogP contribution in [0.15, 0.2) is 42.5 Å². The molecule has 1 amide bonds. The summed E-state index contributed by atoms with van der Waals surface area (Å²) in [5.41, 5.74) is 4.62. The van der Waals surface area contributed by atoms with E-state index in [1.54, 1.807) is 6.92 Å². The summed E-state index contributed by atoms with van der Waals surface area (Å²) in [4.78, 5) is 12.4. The van der Waals surface area contributed by atoms with Crippen LogP contribution in [-0.4, -0.2) is 12.0 Å². The molecule has 2 aromatic carbocycles. The maximum absolute atomic E-state index is 12.4. The van der Waals surface area contributed by atoms with E-state index in [1.807, 2.05) is 38.1 Å². The molecule has 1 N–H and O–H groups in total. The molecule has 0 aromatic heterocycles. The normalized spacial score (nSPS) is 13.3. The second-order valence-electron chi connectivity index (χ2n) is 6.17. The molecule has 0 fully saturated rings. The number of ether oxygens (including phenoxy) is 1. The zero-order valence-electron chi connectivity index (χ0n) is 14.5. The molecule has 0 saturated carbocycles. The Kier molecular flexibility index (Phi) is 5.43. The van der Waals surface area contributed by atoms with Crippen LogP contribution in [0.25, 0.3) is 0 Å². The van der Waals surface area contributed by atoms with E-state index in [-0.39, 0.29) is 11.9 Å². The van der Waals surface area contributed by atoms with Crippen molar-refractivity contribution in [2.24, 2.45) is 0 Å². The highest BCUT2D eigenvalue weighted by molar-refractivity contribution is 5.81. The van der Waals surface area contributed by atoms with Crippen LogP contribution in [0.3, 0.4) is 0 Å². The monoisotopic (exact) mass is 311 g/mol.